The van der Waals surface area contributed by atoms with Crippen molar-refractivity contribution in [2.45, 2.75) is 19.3 Å². The molecule has 0 amide bonds. The van der Waals surface area contributed by atoms with Gasteiger partial charge in [0.2, 0.25) is 0 Å². The third kappa shape index (κ3) is 2.21. The number of hydrogen-bond donors (Lipinski definition) is 1. The highest BCUT2D eigenvalue weighted by atomic mass is 19.1. The molecular weight excluding hydrogens is 174 g/mol. The predicted molar refractivity (Wildman–Crippen MR) is 46.2 cm³/mol. The van der Waals surface area contributed by atoms with E-state index in [-0.39, 0.29) is 11.5 Å². The molecular formula is C9H12F2N2. The Morgan fingerprint density at radius 2 is 1.92 bits per heavy atom. The monoisotopic (exact) mass is 186 g/mol. The van der Waals surface area contributed by atoms with Crippen LogP contribution < -0.4 is 5.73 Å². The molecule has 0 spiro atoms. The molecule has 13 heavy (non-hydrogen) atoms. The van der Waals surface area contributed by atoms with Gasteiger partial charge in [-0.05, 0) is 18.9 Å². The van der Waals surface area contributed by atoms with Crippen LogP contribution in [0.1, 0.15) is 24.8 Å². The molecule has 1 aromatic heterocycles. The molecule has 1 rings (SSSR count). The number of hydrogen-bond acceptors (Lipinski definition) is 2. The van der Waals surface area contributed by atoms with E-state index in [2.05, 4.69) is 4.98 Å². The van der Waals surface area contributed by atoms with Crippen molar-refractivity contribution in [3.05, 3.63) is 29.6 Å². The second kappa shape index (κ2) is 4.28. The lowest BCUT2D eigenvalue weighted by Crippen LogP contribution is -2.08. The lowest BCUT2D eigenvalue weighted by atomic mass is 9.98. The molecule has 0 aliphatic carbocycles. The molecule has 0 saturated carbocycles. The zero-order valence-corrected chi connectivity index (χ0v) is 7.43. The number of aromatic nitrogens is 1. The lowest BCUT2D eigenvalue weighted by molar-refractivity contribution is 0.515. The Bertz CT molecular complexity index is 269. The SMILES string of the molecule is CC(CCN)c1c(F)cncc1F. The second-order valence-electron chi connectivity index (χ2n) is 3.00. The van der Waals surface area contributed by atoms with Crippen molar-refractivity contribution in [3.63, 3.8) is 0 Å². The van der Waals surface area contributed by atoms with Gasteiger partial charge in [0, 0.05) is 5.56 Å². The standard InChI is InChI=1S/C9H12F2N2/c1-6(2-3-12)9-7(10)4-13-5-8(9)11/h4-6H,2-3,12H2,1H3. The maximum absolute atomic E-state index is 13.1. The highest BCUT2D eigenvalue weighted by molar-refractivity contribution is 5.19. The maximum atomic E-state index is 13.1. The Hall–Kier alpha value is -1.03. The van der Waals surface area contributed by atoms with Gasteiger partial charge in [0.15, 0.2) is 0 Å². The summed E-state index contributed by atoms with van der Waals surface area (Å²) in [5.41, 5.74) is 5.39. The Kier molecular flexibility index (Phi) is 3.31. The third-order valence-electron chi connectivity index (χ3n) is 1.98. The number of pyridine rings is 1. The summed E-state index contributed by atoms with van der Waals surface area (Å²) in [6.45, 7) is 2.16. The molecule has 1 unspecified atom stereocenters. The van der Waals surface area contributed by atoms with E-state index < -0.39 is 11.6 Å². The Labute approximate surface area is 75.8 Å². The summed E-state index contributed by atoms with van der Waals surface area (Å²) in [7, 11) is 0. The molecule has 0 bridgehead atoms. The van der Waals surface area contributed by atoms with Gasteiger partial charge in [0.1, 0.15) is 11.6 Å². The van der Waals surface area contributed by atoms with E-state index in [0.29, 0.717) is 13.0 Å². The molecule has 1 atom stereocenters. The molecule has 0 saturated heterocycles. The molecule has 2 N–H and O–H groups in total. The smallest absolute Gasteiger partial charge is 0.147 e. The molecule has 4 heteroatoms. The first-order chi connectivity index (χ1) is 6.16. The second-order valence-corrected chi connectivity index (χ2v) is 3.00. The van der Waals surface area contributed by atoms with Crippen LogP contribution in [0.4, 0.5) is 8.78 Å². The van der Waals surface area contributed by atoms with Crippen molar-refractivity contribution in [1.29, 1.82) is 0 Å². The van der Waals surface area contributed by atoms with Gasteiger partial charge in [-0.15, -0.1) is 0 Å². The van der Waals surface area contributed by atoms with E-state index in [0.717, 1.165) is 12.4 Å². The minimum Gasteiger partial charge on any atom is -0.330 e. The fraction of sp³-hybridized carbons (Fsp3) is 0.444. The average molecular weight is 186 g/mol. The molecule has 2 nitrogen and oxygen atoms in total. The Morgan fingerprint density at radius 1 is 1.38 bits per heavy atom. The quantitative estimate of drug-likeness (QED) is 0.781. The predicted octanol–water partition coefficient (Wildman–Crippen LogP) is 1.81. The molecule has 1 aromatic rings. The molecule has 0 radical (unpaired) electrons. The molecule has 1 heterocycles. The van der Waals surface area contributed by atoms with Crippen molar-refractivity contribution in [2.75, 3.05) is 6.54 Å². The number of halogens is 2. The summed E-state index contributed by atoms with van der Waals surface area (Å²) >= 11 is 0. The summed E-state index contributed by atoms with van der Waals surface area (Å²) in [6.07, 6.45) is 2.61. The minimum atomic E-state index is -0.596. The molecule has 0 aromatic carbocycles. The molecule has 0 fully saturated rings. The van der Waals surface area contributed by atoms with Crippen LogP contribution >= 0.6 is 0 Å². The van der Waals surface area contributed by atoms with E-state index >= 15 is 0 Å². The van der Waals surface area contributed by atoms with Gasteiger partial charge in [0.25, 0.3) is 0 Å². The van der Waals surface area contributed by atoms with Gasteiger partial charge in [-0.1, -0.05) is 6.92 Å². The minimum absolute atomic E-state index is 0.0838. The van der Waals surface area contributed by atoms with Crippen LogP contribution in [0.25, 0.3) is 0 Å². The topological polar surface area (TPSA) is 38.9 Å². The first-order valence-corrected chi connectivity index (χ1v) is 4.15. The van der Waals surface area contributed by atoms with Crippen molar-refractivity contribution >= 4 is 0 Å². The summed E-state index contributed by atoms with van der Waals surface area (Å²) in [5, 5.41) is 0. The lowest BCUT2D eigenvalue weighted by Gasteiger charge is -2.11. The van der Waals surface area contributed by atoms with Crippen LogP contribution in [0.2, 0.25) is 0 Å². The Morgan fingerprint density at radius 3 is 2.38 bits per heavy atom. The summed E-state index contributed by atoms with van der Waals surface area (Å²) < 4.78 is 26.2. The van der Waals surface area contributed by atoms with Crippen molar-refractivity contribution in [2.24, 2.45) is 5.73 Å². The van der Waals surface area contributed by atoms with Crippen molar-refractivity contribution < 1.29 is 8.78 Å². The van der Waals surface area contributed by atoms with E-state index in [9.17, 15) is 8.78 Å². The van der Waals surface area contributed by atoms with Gasteiger partial charge in [-0.2, -0.15) is 0 Å². The molecule has 0 aliphatic rings. The number of rotatable bonds is 3. The summed E-state index contributed by atoms with van der Waals surface area (Å²) in [4.78, 5) is 3.41. The van der Waals surface area contributed by atoms with Gasteiger partial charge in [-0.25, -0.2) is 8.78 Å². The fourth-order valence-electron chi connectivity index (χ4n) is 1.29. The van der Waals surface area contributed by atoms with Gasteiger partial charge in [-0.3, -0.25) is 4.98 Å². The first-order valence-electron chi connectivity index (χ1n) is 4.15. The van der Waals surface area contributed by atoms with Crippen LogP contribution in [0.15, 0.2) is 12.4 Å². The molecule has 72 valence electrons. The number of nitrogens with two attached hydrogens (primary N) is 1. The van der Waals surface area contributed by atoms with E-state index in [1.54, 1.807) is 6.92 Å². The van der Waals surface area contributed by atoms with Crippen molar-refractivity contribution in [1.82, 2.24) is 4.98 Å². The van der Waals surface area contributed by atoms with E-state index in [4.69, 9.17) is 5.73 Å². The largest absolute Gasteiger partial charge is 0.330 e. The zero-order chi connectivity index (χ0) is 9.84. The summed E-state index contributed by atoms with van der Waals surface area (Å²) in [6, 6.07) is 0. The van der Waals surface area contributed by atoms with Crippen LogP contribution in [0, 0.1) is 11.6 Å². The summed E-state index contributed by atoms with van der Waals surface area (Å²) in [5.74, 6) is -1.39. The van der Waals surface area contributed by atoms with E-state index in [1.807, 2.05) is 0 Å². The van der Waals surface area contributed by atoms with Crippen LogP contribution in [0.3, 0.4) is 0 Å². The number of nitrogens with zero attached hydrogens (tertiary/aromatic N) is 1. The van der Waals surface area contributed by atoms with Crippen molar-refractivity contribution in [3.8, 4) is 0 Å². The van der Waals surface area contributed by atoms with Crippen LogP contribution in [-0.2, 0) is 0 Å². The van der Waals surface area contributed by atoms with E-state index in [1.165, 1.54) is 0 Å². The highest BCUT2D eigenvalue weighted by Crippen LogP contribution is 2.23. The van der Waals surface area contributed by atoms with Gasteiger partial charge in [0.05, 0.1) is 12.4 Å². The van der Waals surface area contributed by atoms with Crippen LogP contribution in [0.5, 0.6) is 0 Å². The average Bonchev–Trinajstić information content (AvgIpc) is 2.04. The fourth-order valence-corrected chi connectivity index (χ4v) is 1.29. The zero-order valence-electron chi connectivity index (χ0n) is 7.43. The highest BCUT2D eigenvalue weighted by Gasteiger charge is 2.15. The normalized spacial score (nSPS) is 12.9. The van der Waals surface area contributed by atoms with Crippen LogP contribution in [-0.4, -0.2) is 11.5 Å². The first kappa shape index (κ1) is 10.1. The Balaban J connectivity index is 2.98. The maximum Gasteiger partial charge on any atom is 0.147 e. The molecule has 0 aliphatic heterocycles. The third-order valence-corrected chi connectivity index (χ3v) is 1.98. The van der Waals surface area contributed by atoms with Gasteiger partial charge < -0.3 is 5.73 Å². The van der Waals surface area contributed by atoms with Gasteiger partial charge >= 0.3 is 0 Å².